The molecule has 1 fully saturated rings. The van der Waals surface area contributed by atoms with Crippen LogP contribution in [-0.2, 0) is 9.84 Å². The van der Waals surface area contributed by atoms with Crippen LogP contribution in [0.2, 0.25) is 0 Å². The van der Waals surface area contributed by atoms with E-state index < -0.39 is 9.84 Å². The molecule has 0 aliphatic heterocycles. The van der Waals surface area contributed by atoms with Crippen LogP contribution in [0.4, 0.5) is 5.69 Å². The Labute approximate surface area is 174 Å². The van der Waals surface area contributed by atoms with Gasteiger partial charge in [0.05, 0.1) is 10.1 Å². The highest BCUT2D eigenvalue weighted by molar-refractivity contribution is 7.92. The highest BCUT2D eigenvalue weighted by Crippen LogP contribution is 2.31. The van der Waals surface area contributed by atoms with E-state index in [9.17, 15) is 13.2 Å². The Bertz CT molecular complexity index is 1130. The minimum Gasteiger partial charge on any atom is -0.321 e. The number of amides is 1. The molecular weight excluding hydrogens is 404 g/mol. The van der Waals surface area contributed by atoms with E-state index in [4.69, 9.17) is 0 Å². The fourth-order valence-electron chi connectivity index (χ4n) is 3.54. The number of anilines is 1. The van der Waals surface area contributed by atoms with E-state index in [0.717, 1.165) is 29.0 Å². The maximum Gasteiger partial charge on any atom is 0.275 e. The Morgan fingerprint density at radius 2 is 1.83 bits per heavy atom. The van der Waals surface area contributed by atoms with Gasteiger partial charge in [0.2, 0.25) is 0 Å². The number of aryl methyl sites for hydroxylation is 1. The van der Waals surface area contributed by atoms with E-state index in [1.807, 2.05) is 31.2 Å². The Kier molecular flexibility index (Phi) is 5.52. The summed E-state index contributed by atoms with van der Waals surface area (Å²) in [7, 11) is -3.36. The van der Waals surface area contributed by atoms with Gasteiger partial charge in [-0.25, -0.2) is 13.4 Å². The fraction of sp³-hybridized carbons (Fsp3) is 0.273. The van der Waals surface area contributed by atoms with Crippen molar-refractivity contribution in [3.05, 3.63) is 65.2 Å². The largest absolute Gasteiger partial charge is 0.321 e. The van der Waals surface area contributed by atoms with E-state index in [1.54, 1.807) is 29.6 Å². The smallest absolute Gasteiger partial charge is 0.275 e. The molecule has 1 amide bonds. The molecule has 5 nitrogen and oxygen atoms in total. The first-order valence-electron chi connectivity index (χ1n) is 9.61. The molecule has 0 radical (unpaired) electrons. The van der Waals surface area contributed by atoms with Gasteiger partial charge in [-0.05, 0) is 38.0 Å². The molecule has 0 atom stereocenters. The highest BCUT2D eigenvalue weighted by Gasteiger charge is 2.30. The second-order valence-electron chi connectivity index (χ2n) is 7.34. The van der Waals surface area contributed by atoms with E-state index in [-0.39, 0.29) is 16.1 Å². The van der Waals surface area contributed by atoms with Crippen LogP contribution in [-0.4, -0.2) is 24.6 Å². The molecule has 1 N–H and O–H groups in total. The van der Waals surface area contributed by atoms with Gasteiger partial charge in [-0.2, -0.15) is 0 Å². The summed E-state index contributed by atoms with van der Waals surface area (Å²) in [4.78, 5) is 17.3. The topological polar surface area (TPSA) is 76.1 Å². The molecule has 1 saturated carbocycles. The Balaban J connectivity index is 1.51. The lowest BCUT2D eigenvalue weighted by Crippen LogP contribution is -2.18. The molecule has 1 aliphatic rings. The zero-order valence-corrected chi connectivity index (χ0v) is 17.7. The van der Waals surface area contributed by atoms with Crippen molar-refractivity contribution in [3.63, 3.8) is 0 Å². The lowest BCUT2D eigenvalue weighted by molar-refractivity contribution is 0.102. The van der Waals surface area contributed by atoms with Crippen molar-refractivity contribution >= 4 is 32.8 Å². The van der Waals surface area contributed by atoms with Crippen molar-refractivity contribution in [3.8, 4) is 10.6 Å². The molecule has 0 bridgehead atoms. The number of sulfone groups is 1. The molecule has 1 aromatic heterocycles. The predicted octanol–water partition coefficient (Wildman–Crippen LogP) is 5.09. The number of carbonyl (C=O) groups excluding carboxylic acids is 1. The van der Waals surface area contributed by atoms with Gasteiger partial charge in [-0.1, -0.05) is 48.7 Å². The molecule has 29 heavy (non-hydrogen) atoms. The molecule has 150 valence electrons. The summed E-state index contributed by atoms with van der Waals surface area (Å²) in [5.41, 5.74) is 2.90. The third-order valence-electron chi connectivity index (χ3n) is 5.20. The van der Waals surface area contributed by atoms with E-state index >= 15 is 0 Å². The molecule has 0 unspecified atom stereocenters. The average molecular weight is 427 g/mol. The van der Waals surface area contributed by atoms with Gasteiger partial charge in [-0.15, -0.1) is 11.3 Å². The van der Waals surface area contributed by atoms with Gasteiger partial charge in [0.1, 0.15) is 10.7 Å². The van der Waals surface area contributed by atoms with Crippen molar-refractivity contribution < 1.29 is 13.2 Å². The second-order valence-corrected chi connectivity index (χ2v) is 10.4. The number of hydrogen-bond acceptors (Lipinski definition) is 5. The fourth-order valence-corrected chi connectivity index (χ4v) is 6.25. The van der Waals surface area contributed by atoms with Crippen molar-refractivity contribution in [2.24, 2.45) is 0 Å². The molecule has 0 spiro atoms. The predicted molar refractivity (Wildman–Crippen MR) is 116 cm³/mol. The number of carbonyl (C=O) groups is 1. The second kappa shape index (κ2) is 8.08. The van der Waals surface area contributed by atoms with Gasteiger partial charge >= 0.3 is 0 Å². The van der Waals surface area contributed by atoms with Crippen molar-refractivity contribution in [1.29, 1.82) is 0 Å². The highest BCUT2D eigenvalue weighted by atomic mass is 32.2. The van der Waals surface area contributed by atoms with Crippen molar-refractivity contribution in [1.82, 2.24) is 4.98 Å². The summed E-state index contributed by atoms with van der Waals surface area (Å²) < 4.78 is 25.6. The van der Waals surface area contributed by atoms with Gasteiger partial charge in [0.25, 0.3) is 5.91 Å². The van der Waals surface area contributed by atoms with Gasteiger partial charge in [-0.3, -0.25) is 4.79 Å². The van der Waals surface area contributed by atoms with Crippen LogP contribution in [0.5, 0.6) is 0 Å². The zero-order valence-electron chi connectivity index (χ0n) is 16.1. The van der Waals surface area contributed by atoms with Crippen LogP contribution in [0.1, 0.15) is 41.7 Å². The van der Waals surface area contributed by atoms with Crippen LogP contribution >= 0.6 is 11.3 Å². The zero-order chi connectivity index (χ0) is 20.4. The quantitative estimate of drug-likeness (QED) is 0.617. The van der Waals surface area contributed by atoms with Crippen LogP contribution in [0, 0.1) is 6.92 Å². The third kappa shape index (κ3) is 4.26. The van der Waals surface area contributed by atoms with E-state index in [1.165, 1.54) is 11.3 Å². The molecule has 0 saturated heterocycles. The first-order valence-corrected chi connectivity index (χ1v) is 12.0. The van der Waals surface area contributed by atoms with Crippen LogP contribution < -0.4 is 5.32 Å². The third-order valence-corrected chi connectivity index (χ3v) is 8.35. The summed E-state index contributed by atoms with van der Waals surface area (Å²) in [6.45, 7) is 2.02. The lowest BCUT2D eigenvalue weighted by Gasteiger charge is -2.12. The molecule has 1 heterocycles. The molecule has 2 aromatic carbocycles. The van der Waals surface area contributed by atoms with Crippen molar-refractivity contribution in [2.45, 2.75) is 42.8 Å². The number of benzene rings is 2. The Morgan fingerprint density at radius 3 is 2.55 bits per heavy atom. The number of nitrogens with one attached hydrogen (secondary N) is 1. The molecule has 4 rings (SSSR count). The summed E-state index contributed by atoms with van der Waals surface area (Å²) in [6, 6.07) is 14.5. The van der Waals surface area contributed by atoms with Crippen molar-refractivity contribution in [2.75, 3.05) is 5.32 Å². The maximum absolute atomic E-state index is 12.8. The van der Waals surface area contributed by atoms with Crippen LogP contribution in [0.3, 0.4) is 0 Å². The summed E-state index contributed by atoms with van der Waals surface area (Å²) in [6.07, 6.45) is 3.32. The number of rotatable bonds is 5. The molecule has 3 aromatic rings. The maximum atomic E-state index is 12.8. The standard InChI is InChI=1S/C22H22N2O3S2/c1-15-9-11-16(12-10-15)22-24-20(14-28-22)21(25)23-17-5-4-8-19(13-17)29(26,27)18-6-2-3-7-18/h4-5,8-14,18H,2-3,6-7H2,1H3,(H,23,25). The summed E-state index contributed by atoms with van der Waals surface area (Å²) >= 11 is 1.40. The first kappa shape index (κ1) is 19.8. The Morgan fingerprint density at radius 1 is 1.10 bits per heavy atom. The number of hydrogen-bond donors (Lipinski definition) is 1. The molecule has 7 heteroatoms. The molecular formula is C22H22N2O3S2. The summed E-state index contributed by atoms with van der Waals surface area (Å²) in [5.74, 6) is -0.352. The first-order chi connectivity index (χ1) is 13.9. The number of nitrogens with zero attached hydrogens (tertiary/aromatic N) is 1. The van der Waals surface area contributed by atoms with Crippen LogP contribution in [0.15, 0.2) is 58.8 Å². The average Bonchev–Trinajstić information content (AvgIpc) is 3.41. The monoisotopic (exact) mass is 426 g/mol. The van der Waals surface area contributed by atoms with Gasteiger partial charge in [0, 0.05) is 16.6 Å². The molecule has 1 aliphatic carbocycles. The van der Waals surface area contributed by atoms with Gasteiger partial charge in [0.15, 0.2) is 9.84 Å². The SMILES string of the molecule is Cc1ccc(-c2nc(C(=O)Nc3cccc(S(=O)(=O)C4CCCC4)c3)cs2)cc1. The van der Waals surface area contributed by atoms with E-state index in [2.05, 4.69) is 10.3 Å². The van der Waals surface area contributed by atoms with Crippen LogP contribution in [0.25, 0.3) is 10.6 Å². The van der Waals surface area contributed by atoms with E-state index in [0.29, 0.717) is 24.2 Å². The minimum absolute atomic E-state index is 0.265. The normalized spacial score (nSPS) is 14.8. The summed E-state index contributed by atoms with van der Waals surface area (Å²) in [5, 5.41) is 4.94. The minimum atomic E-state index is -3.36. The number of thiazole rings is 1. The Hall–Kier alpha value is -2.51. The lowest BCUT2D eigenvalue weighted by atomic mass is 10.2. The van der Waals surface area contributed by atoms with Gasteiger partial charge < -0.3 is 5.32 Å². The number of aromatic nitrogens is 1.